The third kappa shape index (κ3) is 3.06. The van der Waals surface area contributed by atoms with E-state index in [2.05, 4.69) is 21.8 Å². The van der Waals surface area contributed by atoms with Crippen molar-refractivity contribution in [1.29, 1.82) is 5.41 Å². The average molecular weight is 302 g/mol. The molecule has 21 heavy (non-hydrogen) atoms. The number of hydrogen-bond donors (Lipinski definition) is 1. The van der Waals surface area contributed by atoms with Gasteiger partial charge < -0.3 is 9.30 Å². The first kappa shape index (κ1) is 15.1. The molecule has 108 valence electrons. The standard InChI is InChI=1S/C16H15N3O.ClH/c1-20-16(17)13-4-2-12(3-5-13)11-19-9-7-14-10-18-8-6-15(14)19;/h2-10,17H,11H2,1H3;1H. The molecule has 0 bridgehead atoms. The number of ether oxygens (including phenoxy) is 1. The Bertz CT molecular complexity index is 750. The van der Waals surface area contributed by atoms with Gasteiger partial charge in [0, 0.05) is 36.1 Å². The fourth-order valence-corrected chi connectivity index (χ4v) is 2.25. The minimum atomic E-state index is 0. The van der Waals surface area contributed by atoms with E-state index in [1.165, 1.54) is 18.2 Å². The van der Waals surface area contributed by atoms with Crippen molar-refractivity contribution in [2.75, 3.05) is 7.11 Å². The first-order valence-electron chi connectivity index (χ1n) is 6.38. The molecule has 0 fully saturated rings. The molecule has 3 aromatic rings. The molecule has 0 atom stereocenters. The maximum atomic E-state index is 7.62. The zero-order valence-electron chi connectivity index (χ0n) is 11.6. The predicted molar refractivity (Wildman–Crippen MR) is 86.4 cm³/mol. The van der Waals surface area contributed by atoms with Crippen LogP contribution in [-0.4, -0.2) is 22.6 Å². The van der Waals surface area contributed by atoms with Gasteiger partial charge >= 0.3 is 0 Å². The van der Waals surface area contributed by atoms with Crippen LogP contribution in [0.2, 0.25) is 0 Å². The largest absolute Gasteiger partial charge is 0.481 e. The molecule has 3 rings (SSSR count). The topological polar surface area (TPSA) is 50.9 Å². The van der Waals surface area contributed by atoms with Crippen molar-refractivity contribution >= 4 is 29.2 Å². The molecular weight excluding hydrogens is 286 g/mol. The van der Waals surface area contributed by atoms with Crippen LogP contribution in [0.4, 0.5) is 0 Å². The van der Waals surface area contributed by atoms with Crippen LogP contribution in [0.15, 0.2) is 55.0 Å². The van der Waals surface area contributed by atoms with Gasteiger partial charge in [0.15, 0.2) is 0 Å². The second kappa shape index (κ2) is 6.41. The lowest BCUT2D eigenvalue weighted by Gasteiger charge is -2.07. The maximum absolute atomic E-state index is 7.62. The first-order valence-corrected chi connectivity index (χ1v) is 6.38. The highest BCUT2D eigenvalue weighted by atomic mass is 35.5. The molecule has 0 spiro atoms. The average Bonchev–Trinajstić information content (AvgIpc) is 2.91. The van der Waals surface area contributed by atoms with Gasteiger partial charge in [0.25, 0.3) is 0 Å². The molecule has 1 N–H and O–H groups in total. The Kier molecular flexibility index (Phi) is 4.60. The molecule has 0 aliphatic heterocycles. The Hall–Kier alpha value is -2.33. The number of nitrogens with one attached hydrogen (secondary N) is 1. The molecule has 0 aliphatic carbocycles. The third-order valence-electron chi connectivity index (χ3n) is 3.34. The lowest BCUT2D eigenvalue weighted by Crippen LogP contribution is -2.02. The monoisotopic (exact) mass is 301 g/mol. The molecule has 0 unspecified atom stereocenters. The summed E-state index contributed by atoms with van der Waals surface area (Å²) in [5.74, 6) is 0.189. The summed E-state index contributed by atoms with van der Waals surface area (Å²) in [6.45, 7) is 0.800. The van der Waals surface area contributed by atoms with E-state index in [-0.39, 0.29) is 18.3 Å². The molecule has 0 radical (unpaired) electrons. The Labute approximate surface area is 129 Å². The van der Waals surface area contributed by atoms with E-state index in [1.807, 2.05) is 42.7 Å². The second-order valence-corrected chi connectivity index (χ2v) is 4.61. The van der Waals surface area contributed by atoms with Crippen molar-refractivity contribution in [2.24, 2.45) is 0 Å². The Morgan fingerprint density at radius 3 is 2.67 bits per heavy atom. The smallest absolute Gasteiger partial charge is 0.212 e. The normalized spacial score (nSPS) is 10.1. The summed E-state index contributed by atoms with van der Waals surface area (Å²) in [6, 6.07) is 12.0. The molecular formula is C16H16ClN3O. The maximum Gasteiger partial charge on any atom is 0.212 e. The predicted octanol–water partition coefficient (Wildman–Crippen LogP) is 3.48. The number of aromatic nitrogens is 2. The molecule has 2 heterocycles. The molecule has 4 nitrogen and oxygen atoms in total. The number of halogens is 1. The Morgan fingerprint density at radius 2 is 1.95 bits per heavy atom. The minimum absolute atomic E-state index is 0. The van der Waals surface area contributed by atoms with E-state index in [1.54, 1.807) is 0 Å². The second-order valence-electron chi connectivity index (χ2n) is 4.61. The van der Waals surface area contributed by atoms with Gasteiger partial charge in [0.2, 0.25) is 5.90 Å². The first-order chi connectivity index (χ1) is 9.78. The van der Waals surface area contributed by atoms with Crippen LogP contribution < -0.4 is 0 Å². The number of rotatable bonds is 3. The molecule has 2 aromatic heterocycles. The summed E-state index contributed by atoms with van der Waals surface area (Å²) in [5, 5.41) is 8.76. The van der Waals surface area contributed by atoms with Gasteiger partial charge in [-0.05, 0) is 29.8 Å². The lowest BCUT2D eigenvalue weighted by atomic mass is 10.1. The highest BCUT2D eigenvalue weighted by Gasteiger charge is 2.03. The quantitative estimate of drug-likeness (QED) is 0.595. The zero-order chi connectivity index (χ0) is 13.9. The van der Waals surface area contributed by atoms with E-state index < -0.39 is 0 Å². The Morgan fingerprint density at radius 1 is 1.19 bits per heavy atom. The van der Waals surface area contributed by atoms with E-state index in [9.17, 15) is 0 Å². The number of benzene rings is 1. The van der Waals surface area contributed by atoms with Gasteiger partial charge in [0.05, 0.1) is 12.6 Å². The minimum Gasteiger partial charge on any atom is -0.481 e. The summed E-state index contributed by atoms with van der Waals surface area (Å²) in [5.41, 5.74) is 3.15. The fraction of sp³-hybridized carbons (Fsp3) is 0.125. The van der Waals surface area contributed by atoms with Crippen molar-refractivity contribution < 1.29 is 4.74 Å². The van der Waals surface area contributed by atoms with Crippen molar-refractivity contribution in [3.05, 3.63) is 66.1 Å². The Balaban J connectivity index is 0.00000161. The van der Waals surface area contributed by atoms with Gasteiger partial charge in [-0.2, -0.15) is 0 Å². The van der Waals surface area contributed by atoms with Crippen LogP contribution >= 0.6 is 12.4 Å². The highest BCUT2D eigenvalue weighted by molar-refractivity contribution is 5.91. The lowest BCUT2D eigenvalue weighted by molar-refractivity contribution is 0.401. The van der Waals surface area contributed by atoms with Gasteiger partial charge in [-0.15, -0.1) is 12.4 Å². The number of hydrogen-bond acceptors (Lipinski definition) is 3. The summed E-state index contributed by atoms with van der Waals surface area (Å²) in [4.78, 5) is 4.12. The summed E-state index contributed by atoms with van der Waals surface area (Å²) in [6.07, 6.45) is 5.74. The molecule has 5 heteroatoms. The highest BCUT2D eigenvalue weighted by Crippen LogP contribution is 2.16. The van der Waals surface area contributed by atoms with E-state index in [0.717, 1.165) is 17.5 Å². The van der Waals surface area contributed by atoms with Crippen LogP contribution in [0.3, 0.4) is 0 Å². The van der Waals surface area contributed by atoms with Crippen LogP contribution in [0, 0.1) is 5.41 Å². The van der Waals surface area contributed by atoms with Gasteiger partial charge in [0.1, 0.15) is 0 Å². The van der Waals surface area contributed by atoms with E-state index in [0.29, 0.717) is 0 Å². The van der Waals surface area contributed by atoms with Crippen molar-refractivity contribution in [1.82, 2.24) is 9.55 Å². The number of methoxy groups -OCH3 is 1. The van der Waals surface area contributed by atoms with Crippen molar-refractivity contribution in [2.45, 2.75) is 6.54 Å². The summed E-state index contributed by atoms with van der Waals surface area (Å²) in [7, 11) is 1.51. The molecule has 0 aliphatic rings. The van der Waals surface area contributed by atoms with E-state index in [4.69, 9.17) is 10.1 Å². The number of pyridine rings is 1. The SMILES string of the molecule is COC(=N)c1ccc(Cn2ccc3cnccc32)cc1.Cl. The number of fused-ring (bicyclic) bond motifs is 1. The van der Waals surface area contributed by atoms with Crippen LogP contribution in [0.5, 0.6) is 0 Å². The van der Waals surface area contributed by atoms with Crippen LogP contribution in [0.1, 0.15) is 11.1 Å². The molecule has 1 aromatic carbocycles. The van der Waals surface area contributed by atoms with Gasteiger partial charge in [-0.25, -0.2) is 0 Å². The van der Waals surface area contributed by atoms with E-state index >= 15 is 0 Å². The molecule has 0 saturated heterocycles. The van der Waals surface area contributed by atoms with Crippen molar-refractivity contribution in [3.8, 4) is 0 Å². The molecule has 0 saturated carbocycles. The zero-order valence-corrected chi connectivity index (χ0v) is 12.4. The summed E-state index contributed by atoms with van der Waals surface area (Å²) < 4.78 is 7.10. The molecule has 0 amide bonds. The van der Waals surface area contributed by atoms with Crippen molar-refractivity contribution in [3.63, 3.8) is 0 Å². The van der Waals surface area contributed by atoms with Gasteiger partial charge in [-0.3, -0.25) is 10.4 Å². The van der Waals surface area contributed by atoms with Gasteiger partial charge in [-0.1, -0.05) is 12.1 Å². The van der Waals surface area contributed by atoms with Crippen LogP contribution in [-0.2, 0) is 11.3 Å². The third-order valence-corrected chi connectivity index (χ3v) is 3.34. The number of nitrogens with zero attached hydrogens (tertiary/aromatic N) is 2. The summed E-state index contributed by atoms with van der Waals surface area (Å²) >= 11 is 0. The van der Waals surface area contributed by atoms with Crippen LogP contribution in [0.25, 0.3) is 10.9 Å². The fourth-order valence-electron chi connectivity index (χ4n) is 2.25.